The van der Waals surface area contributed by atoms with Gasteiger partial charge in [-0.05, 0) is 52.3 Å². The van der Waals surface area contributed by atoms with E-state index in [4.69, 9.17) is 4.74 Å². The molecule has 4 nitrogen and oxygen atoms in total. The first-order chi connectivity index (χ1) is 9.76. The Labute approximate surface area is 127 Å². The van der Waals surface area contributed by atoms with Gasteiger partial charge in [-0.25, -0.2) is 4.79 Å². The van der Waals surface area contributed by atoms with E-state index < -0.39 is 5.60 Å². The fourth-order valence-corrected chi connectivity index (χ4v) is 2.64. The van der Waals surface area contributed by atoms with Crippen molar-refractivity contribution in [2.24, 2.45) is 0 Å². The summed E-state index contributed by atoms with van der Waals surface area (Å²) < 4.78 is 5.45. The van der Waals surface area contributed by atoms with Crippen LogP contribution in [0.2, 0.25) is 0 Å². The predicted molar refractivity (Wildman–Crippen MR) is 85.8 cm³/mol. The molecule has 1 aromatic rings. The second-order valence-electron chi connectivity index (χ2n) is 6.81. The highest BCUT2D eigenvalue weighted by molar-refractivity contribution is 5.69. The molecule has 1 amide bonds. The Morgan fingerprint density at radius 1 is 1.29 bits per heavy atom. The Kier molecular flexibility index (Phi) is 4.45. The number of benzene rings is 1. The summed E-state index contributed by atoms with van der Waals surface area (Å²) >= 11 is 0. The largest absolute Gasteiger partial charge is 0.444 e. The van der Waals surface area contributed by atoms with Crippen LogP contribution in [-0.4, -0.2) is 42.3 Å². The molecule has 0 bridgehead atoms. The lowest BCUT2D eigenvalue weighted by Gasteiger charge is -2.41. The highest BCUT2D eigenvalue weighted by Crippen LogP contribution is 2.22. The molecule has 1 saturated heterocycles. The molecule has 0 aromatic heterocycles. The van der Waals surface area contributed by atoms with Crippen LogP contribution in [0.25, 0.3) is 0 Å². The Hall–Kier alpha value is -1.71. The number of amides is 1. The first-order valence-corrected chi connectivity index (χ1v) is 7.57. The Morgan fingerprint density at radius 2 is 2.00 bits per heavy atom. The van der Waals surface area contributed by atoms with Crippen molar-refractivity contribution in [3.8, 4) is 0 Å². The molecular weight excluding hydrogens is 264 g/mol. The van der Waals surface area contributed by atoms with E-state index in [-0.39, 0.29) is 12.1 Å². The van der Waals surface area contributed by atoms with Crippen molar-refractivity contribution in [3.63, 3.8) is 0 Å². The van der Waals surface area contributed by atoms with E-state index in [1.165, 1.54) is 11.3 Å². The average Bonchev–Trinajstić information content (AvgIpc) is 2.36. The number of hydrogen-bond donors (Lipinski definition) is 0. The number of piperazine rings is 1. The van der Waals surface area contributed by atoms with Crippen LogP contribution in [0.15, 0.2) is 24.3 Å². The van der Waals surface area contributed by atoms with Crippen molar-refractivity contribution in [2.75, 3.05) is 24.5 Å². The van der Waals surface area contributed by atoms with Gasteiger partial charge < -0.3 is 14.5 Å². The summed E-state index contributed by atoms with van der Waals surface area (Å²) in [5, 5.41) is 0. The quantitative estimate of drug-likeness (QED) is 0.794. The number of carbonyl (C=O) groups is 1. The van der Waals surface area contributed by atoms with Crippen LogP contribution in [0.4, 0.5) is 10.5 Å². The normalized spacial score (nSPS) is 19.6. The summed E-state index contributed by atoms with van der Waals surface area (Å²) in [6, 6.07) is 8.79. The van der Waals surface area contributed by atoms with Gasteiger partial charge in [0.25, 0.3) is 0 Å². The van der Waals surface area contributed by atoms with Crippen LogP contribution in [0.3, 0.4) is 0 Å². The second-order valence-corrected chi connectivity index (χ2v) is 6.81. The molecule has 0 saturated carbocycles. The lowest BCUT2D eigenvalue weighted by molar-refractivity contribution is 0.0219. The Morgan fingerprint density at radius 3 is 2.57 bits per heavy atom. The maximum Gasteiger partial charge on any atom is 0.410 e. The van der Waals surface area contributed by atoms with Gasteiger partial charge in [-0.1, -0.05) is 12.1 Å². The van der Waals surface area contributed by atoms with E-state index in [0.29, 0.717) is 13.1 Å². The number of anilines is 1. The van der Waals surface area contributed by atoms with Gasteiger partial charge in [0.1, 0.15) is 5.60 Å². The molecule has 1 fully saturated rings. The van der Waals surface area contributed by atoms with E-state index in [1.807, 2.05) is 25.7 Å². The summed E-state index contributed by atoms with van der Waals surface area (Å²) in [4.78, 5) is 16.3. The molecule has 1 atom stereocenters. The van der Waals surface area contributed by atoms with Gasteiger partial charge in [-0.2, -0.15) is 0 Å². The van der Waals surface area contributed by atoms with Gasteiger partial charge in [-0.3, -0.25) is 0 Å². The van der Waals surface area contributed by atoms with Crippen molar-refractivity contribution in [1.29, 1.82) is 0 Å². The maximum atomic E-state index is 12.1. The van der Waals surface area contributed by atoms with Gasteiger partial charge in [-0.15, -0.1) is 0 Å². The zero-order valence-electron chi connectivity index (χ0n) is 13.7. The van der Waals surface area contributed by atoms with Crippen molar-refractivity contribution >= 4 is 11.8 Å². The fraction of sp³-hybridized carbons (Fsp3) is 0.588. The zero-order chi connectivity index (χ0) is 15.6. The summed E-state index contributed by atoms with van der Waals surface area (Å²) in [5.74, 6) is 0. The summed E-state index contributed by atoms with van der Waals surface area (Å²) in [7, 11) is 0. The molecule has 1 heterocycles. The molecule has 21 heavy (non-hydrogen) atoms. The lowest BCUT2D eigenvalue weighted by Crippen LogP contribution is -2.54. The summed E-state index contributed by atoms with van der Waals surface area (Å²) in [6.45, 7) is 12.2. The number of ether oxygens (including phenoxy) is 1. The molecule has 116 valence electrons. The second kappa shape index (κ2) is 5.96. The standard InChI is InChI=1S/C17H26N2O2/c1-13-7-6-8-15(11-13)19-10-9-18(12-14(19)2)16(20)21-17(3,4)5/h6-8,11,14H,9-10,12H2,1-5H3. The lowest BCUT2D eigenvalue weighted by atomic mass is 10.1. The number of rotatable bonds is 1. The SMILES string of the molecule is Cc1cccc(N2CCN(C(=O)OC(C)(C)C)CC2C)c1. The average molecular weight is 290 g/mol. The van der Waals surface area contributed by atoms with Crippen molar-refractivity contribution in [3.05, 3.63) is 29.8 Å². The minimum atomic E-state index is -0.437. The van der Waals surface area contributed by atoms with E-state index >= 15 is 0 Å². The maximum absolute atomic E-state index is 12.1. The summed E-state index contributed by atoms with van der Waals surface area (Å²) in [6.07, 6.45) is -0.210. The third kappa shape index (κ3) is 4.13. The molecule has 0 spiro atoms. The highest BCUT2D eigenvalue weighted by atomic mass is 16.6. The molecular formula is C17H26N2O2. The van der Waals surface area contributed by atoms with Crippen LogP contribution < -0.4 is 4.90 Å². The zero-order valence-corrected chi connectivity index (χ0v) is 13.7. The van der Waals surface area contributed by atoms with Gasteiger partial charge in [0, 0.05) is 31.4 Å². The van der Waals surface area contributed by atoms with E-state index in [1.54, 1.807) is 0 Å². The molecule has 0 radical (unpaired) electrons. The highest BCUT2D eigenvalue weighted by Gasteiger charge is 2.29. The molecule has 0 N–H and O–H groups in total. The predicted octanol–water partition coefficient (Wildman–Crippen LogP) is 3.44. The minimum absolute atomic E-state index is 0.210. The van der Waals surface area contributed by atoms with Crippen molar-refractivity contribution < 1.29 is 9.53 Å². The van der Waals surface area contributed by atoms with Crippen LogP contribution in [-0.2, 0) is 4.74 Å². The fourth-order valence-electron chi connectivity index (χ4n) is 2.64. The number of aryl methyl sites for hydroxylation is 1. The van der Waals surface area contributed by atoms with Gasteiger partial charge in [0.05, 0.1) is 0 Å². The van der Waals surface area contributed by atoms with E-state index in [9.17, 15) is 4.79 Å². The number of hydrogen-bond acceptors (Lipinski definition) is 3. The molecule has 1 unspecified atom stereocenters. The van der Waals surface area contributed by atoms with Crippen LogP contribution in [0.1, 0.15) is 33.3 Å². The topological polar surface area (TPSA) is 32.8 Å². The van der Waals surface area contributed by atoms with Crippen molar-refractivity contribution in [2.45, 2.75) is 46.3 Å². The van der Waals surface area contributed by atoms with Crippen LogP contribution in [0, 0.1) is 6.92 Å². The Balaban J connectivity index is 2.01. The molecule has 1 aliphatic rings. The molecule has 4 heteroatoms. The smallest absolute Gasteiger partial charge is 0.410 e. The van der Waals surface area contributed by atoms with Gasteiger partial charge in [0.2, 0.25) is 0 Å². The Bertz CT molecular complexity index is 508. The number of nitrogens with zero attached hydrogens (tertiary/aromatic N) is 2. The molecule has 2 rings (SSSR count). The van der Waals surface area contributed by atoms with Crippen LogP contribution in [0.5, 0.6) is 0 Å². The molecule has 0 aliphatic carbocycles. The van der Waals surface area contributed by atoms with Gasteiger partial charge >= 0.3 is 6.09 Å². The molecule has 1 aromatic carbocycles. The van der Waals surface area contributed by atoms with E-state index in [2.05, 4.69) is 43.0 Å². The van der Waals surface area contributed by atoms with Crippen LogP contribution >= 0.6 is 0 Å². The van der Waals surface area contributed by atoms with Gasteiger partial charge in [0.15, 0.2) is 0 Å². The first-order valence-electron chi connectivity index (χ1n) is 7.57. The van der Waals surface area contributed by atoms with Crippen molar-refractivity contribution in [1.82, 2.24) is 4.90 Å². The minimum Gasteiger partial charge on any atom is -0.444 e. The first kappa shape index (κ1) is 15.7. The third-order valence-corrected chi connectivity index (χ3v) is 3.61. The number of carbonyl (C=O) groups excluding carboxylic acids is 1. The summed E-state index contributed by atoms with van der Waals surface area (Å²) in [5.41, 5.74) is 2.05. The third-order valence-electron chi connectivity index (χ3n) is 3.61. The monoisotopic (exact) mass is 290 g/mol. The molecule has 1 aliphatic heterocycles. The van der Waals surface area contributed by atoms with E-state index in [0.717, 1.165) is 6.54 Å².